The molecule has 7 N–H and O–H groups in total. The molecule has 1 saturated heterocycles. The Labute approximate surface area is 412 Å². The number of aliphatic hydroxyl groups excluding tert-OH is 2. The van der Waals surface area contributed by atoms with Crippen LogP contribution in [0.25, 0.3) is 22.6 Å². The van der Waals surface area contributed by atoms with Crippen LogP contribution in [0.4, 0.5) is 19.0 Å². The van der Waals surface area contributed by atoms with Crippen LogP contribution in [-0.4, -0.2) is 164 Å². The number of halogens is 3. The van der Waals surface area contributed by atoms with Crippen LogP contribution in [0.1, 0.15) is 65.6 Å². The van der Waals surface area contributed by atoms with E-state index >= 15 is 0 Å². The van der Waals surface area contributed by atoms with E-state index in [4.69, 9.17) is 15.6 Å². The van der Waals surface area contributed by atoms with Crippen molar-refractivity contribution in [3.63, 3.8) is 0 Å². The minimum absolute atomic E-state index is 0.0731. The number of carbonyl (C=O) groups is 4. The van der Waals surface area contributed by atoms with E-state index < -0.39 is 60.2 Å². The minimum Gasteiger partial charge on any atom is -0.480 e. The maximum absolute atomic E-state index is 13.6. The zero-order chi connectivity index (χ0) is 51.6. The lowest BCUT2D eigenvalue weighted by Gasteiger charge is -2.22. The quantitative estimate of drug-likeness (QED) is 0.0294. The predicted octanol–water partition coefficient (Wildman–Crippen LogP) is 2.59. The number of nitrogens with zero attached hydrogens (tertiary/aromatic N) is 13. The fraction of sp³-hybridized carbons (Fsp3) is 0.455. The highest BCUT2D eigenvalue weighted by atomic mass is 32.2. The van der Waals surface area contributed by atoms with E-state index in [9.17, 15) is 42.6 Å². The number of carboxylic acid groups (broad SMARTS) is 1. The molecule has 2 aliphatic rings. The summed E-state index contributed by atoms with van der Waals surface area (Å²) >= 11 is 1.35. The molecule has 1 fully saturated rings. The summed E-state index contributed by atoms with van der Waals surface area (Å²) in [7, 11) is 1.36. The third-order valence-electron chi connectivity index (χ3n) is 11.5. The Morgan fingerprint density at radius 3 is 2.38 bits per heavy atom. The number of anilines is 1. The number of unbranched alkanes of at least 4 members (excludes halogenated alkanes) is 1. The third kappa shape index (κ3) is 12.8. The average molecular weight is 1020 g/mol. The number of aromatic nitrogens is 8. The van der Waals surface area contributed by atoms with Gasteiger partial charge in [-0.05, 0) is 56.1 Å². The molecule has 0 saturated carbocycles. The van der Waals surface area contributed by atoms with Crippen LogP contribution in [0, 0.1) is 6.92 Å². The smallest absolute Gasteiger partial charge is 0.442 e. The van der Waals surface area contributed by atoms with Gasteiger partial charge in [-0.3, -0.25) is 23.7 Å². The maximum Gasteiger partial charge on any atom is 0.442 e. The fourth-order valence-electron chi connectivity index (χ4n) is 7.37. The number of alkyl halides is 3. The van der Waals surface area contributed by atoms with Gasteiger partial charge in [-0.1, -0.05) is 36.4 Å². The molecule has 2 aliphatic heterocycles. The van der Waals surface area contributed by atoms with Crippen molar-refractivity contribution in [2.45, 2.75) is 88.0 Å². The number of hydrazone groups is 1. The van der Waals surface area contributed by atoms with Crippen LogP contribution in [0.2, 0.25) is 0 Å². The van der Waals surface area contributed by atoms with Gasteiger partial charge in [0.15, 0.2) is 29.0 Å². The summed E-state index contributed by atoms with van der Waals surface area (Å²) in [6.45, 7) is 2.19. The van der Waals surface area contributed by atoms with Crippen molar-refractivity contribution in [1.29, 1.82) is 0 Å². The highest BCUT2D eigenvalue weighted by Crippen LogP contribution is 2.52. The number of imidazole rings is 1. The number of benzene rings is 2. The molecule has 72 heavy (non-hydrogen) atoms. The Bertz CT molecular complexity index is 2750. The minimum atomic E-state index is -4.71. The van der Waals surface area contributed by atoms with E-state index in [-0.39, 0.29) is 49.4 Å². The molecule has 4 unspecified atom stereocenters. The van der Waals surface area contributed by atoms with Crippen LogP contribution in [0.5, 0.6) is 0 Å². The van der Waals surface area contributed by atoms with Crippen LogP contribution >= 0.6 is 11.8 Å². The SMILES string of the molecule is Cc1nnc(-c2ccc(CN(CC(=O)NCCCCNc3ncnc4c3ncn4C3OC(CSCC[C@H](N)C(=O)O)C(O)C3O)C(=O)CC/C=N/N(C)C(=O)c3ccc(C4(C(F)(F)F)N=N4)cc3)cc2)nn1. The number of fused-ring (bicyclic) bond motifs is 1. The van der Waals surface area contributed by atoms with E-state index in [1.165, 1.54) is 59.3 Å². The Balaban J connectivity index is 0.889. The molecule has 0 spiro atoms. The molecule has 0 radical (unpaired) electrons. The monoisotopic (exact) mass is 1020 g/mol. The Hall–Kier alpha value is -7.14. The lowest BCUT2D eigenvalue weighted by atomic mass is 10.0. The van der Waals surface area contributed by atoms with Crippen molar-refractivity contribution >= 4 is 58.6 Å². The highest BCUT2D eigenvalue weighted by Gasteiger charge is 2.65. The predicted molar refractivity (Wildman–Crippen MR) is 252 cm³/mol. The summed E-state index contributed by atoms with van der Waals surface area (Å²) in [4.78, 5) is 65.3. The number of thioether (sulfide) groups is 1. The number of aliphatic carboxylic acids is 1. The molecular weight excluding hydrogens is 970 g/mol. The summed E-state index contributed by atoms with van der Waals surface area (Å²) in [5.74, 6) is -0.615. The number of carboxylic acids is 1. The van der Waals surface area contributed by atoms with E-state index in [1.807, 2.05) is 0 Å². The van der Waals surface area contributed by atoms with Crippen molar-refractivity contribution < 1.29 is 52.4 Å². The number of aliphatic hydroxyl groups is 2. The molecule has 5 aromatic rings. The van der Waals surface area contributed by atoms with Crippen molar-refractivity contribution in [1.82, 2.24) is 55.1 Å². The first-order chi connectivity index (χ1) is 34.5. The molecular formula is C44H51F3N16O8S. The van der Waals surface area contributed by atoms with Gasteiger partial charge in [0.05, 0.1) is 19.0 Å². The summed E-state index contributed by atoms with van der Waals surface area (Å²) < 4.78 is 47.7. The van der Waals surface area contributed by atoms with E-state index in [0.29, 0.717) is 77.2 Å². The first kappa shape index (κ1) is 52.7. The van der Waals surface area contributed by atoms with Crippen LogP contribution < -0.4 is 16.4 Å². The van der Waals surface area contributed by atoms with E-state index in [2.05, 4.69) is 61.3 Å². The molecule has 0 aliphatic carbocycles. The first-order valence-electron chi connectivity index (χ1n) is 22.5. The van der Waals surface area contributed by atoms with Gasteiger partial charge in [0.1, 0.15) is 24.6 Å². The highest BCUT2D eigenvalue weighted by molar-refractivity contribution is 7.99. The third-order valence-corrected chi connectivity index (χ3v) is 12.6. The number of rotatable bonds is 24. The first-order valence-corrected chi connectivity index (χ1v) is 23.7. The van der Waals surface area contributed by atoms with Gasteiger partial charge in [-0.25, -0.2) is 20.0 Å². The molecule has 382 valence electrons. The second kappa shape index (κ2) is 23.4. The number of hydrogen-bond acceptors (Lipinski definition) is 20. The number of nitrogens with two attached hydrogens (primary N) is 1. The van der Waals surface area contributed by atoms with E-state index in [1.54, 1.807) is 31.2 Å². The summed E-state index contributed by atoms with van der Waals surface area (Å²) in [6.07, 6.45) is -3.42. The maximum atomic E-state index is 13.6. The molecule has 2 aromatic carbocycles. The number of nitrogens with one attached hydrogen (secondary N) is 2. The fourth-order valence-corrected chi connectivity index (χ4v) is 8.47. The molecule has 28 heteroatoms. The summed E-state index contributed by atoms with van der Waals surface area (Å²) in [5.41, 5.74) is 4.92. The Morgan fingerprint density at radius 1 is 0.986 bits per heavy atom. The van der Waals surface area contributed by atoms with Crippen LogP contribution in [0.3, 0.4) is 0 Å². The second-order valence-corrected chi connectivity index (χ2v) is 17.9. The topological polar surface area (TPSA) is 327 Å². The lowest BCUT2D eigenvalue weighted by molar-refractivity contribution is -0.166. The van der Waals surface area contributed by atoms with Crippen molar-refractivity contribution in [2.75, 3.05) is 43.5 Å². The molecule has 7 rings (SSSR count). The standard InChI is InChI=1S/C44H51F3N16O8S/c1-25-55-57-37(58-56-25)27-9-7-26(8-10-27)20-62(33(65)6-5-18-54-61(2)40(68)28-11-13-29(14-12-28)43(59-60-43)44(45,46)47)21-32(64)49-16-3-4-17-50-38-34-39(52-23-51-38)63(24-53-34)41-36(67)35(66)31(71-41)22-72-19-15-30(48)42(69)70/h7-14,18,23-24,30-31,35-36,41,66-67H,3-6,15-17,19-22,48H2,1-2H3,(H,49,64)(H,69,70)(H,50,51,52)/b54-18+/t30-,31?,35?,36?,41?/m0/s1. The zero-order valence-corrected chi connectivity index (χ0v) is 39.6. The number of amides is 3. The number of ether oxygens (including phenoxy) is 1. The summed E-state index contributed by atoms with van der Waals surface area (Å²) in [6, 6.07) is 10.8. The molecule has 3 aromatic heterocycles. The number of aryl methyl sites for hydroxylation is 1. The average Bonchev–Trinajstić information content (AvgIpc) is 4.02. The van der Waals surface area contributed by atoms with Gasteiger partial charge < -0.3 is 41.3 Å². The van der Waals surface area contributed by atoms with Crippen molar-refractivity contribution in [3.8, 4) is 11.4 Å². The zero-order valence-electron chi connectivity index (χ0n) is 38.8. The Kier molecular flexibility index (Phi) is 17.1. The number of carbonyl (C=O) groups excluding carboxylic acids is 3. The largest absolute Gasteiger partial charge is 0.480 e. The second-order valence-electron chi connectivity index (χ2n) is 16.7. The molecule has 5 heterocycles. The van der Waals surface area contributed by atoms with Crippen molar-refractivity contribution in [2.24, 2.45) is 21.1 Å². The van der Waals surface area contributed by atoms with Gasteiger partial charge in [0.2, 0.25) is 17.6 Å². The van der Waals surface area contributed by atoms with Gasteiger partial charge in [-0.15, -0.1) is 30.6 Å². The molecule has 0 bridgehead atoms. The molecule has 3 amide bonds. The normalized spacial score (nSPS) is 18.6. The molecule has 24 nitrogen and oxygen atoms in total. The van der Waals surface area contributed by atoms with Gasteiger partial charge in [-0.2, -0.15) is 30.0 Å². The summed E-state index contributed by atoms with van der Waals surface area (Å²) in [5, 5.41) is 64.1. The lowest BCUT2D eigenvalue weighted by Crippen LogP contribution is -2.40. The van der Waals surface area contributed by atoms with Gasteiger partial charge >= 0.3 is 17.8 Å². The van der Waals surface area contributed by atoms with Crippen molar-refractivity contribution in [3.05, 3.63) is 83.7 Å². The van der Waals surface area contributed by atoms with E-state index in [0.717, 1.165) is 17.1 Å². The van der Waals surface area contributed by atoms with Gasteiger partial charge in [0.25, 0.3) is 5.91 Å². The van der Waals surface area contributed by atoms with Crippen LogP contribution in [0.15, 0.2) is 76.5 Å². The Morgan fingerprint density at radius 2 is 1.69 bits per heavy atom. The van der Waals surface area contributed by atoms with Gasteiger partial charge in [0, 0.05) is 61.8 Å². The van der Waals surface area contributed by atoms with Crippen LogP contribution in [-0.2, 0) is 31.3 Å². The number of hydrogen-bond donors (Lipinski definition) is 6. The molecule has 5 atom stereocenters.